The van der Waals surface area contributed by atoms with E-state index in [1.165, 1.54) is 0 Å². The highest BCUT2D eigenvalue weighted by Crippen LogP contribution is 2.37. The van der Waals surface area contributed by atoms with Gasteiger partial charge in [-0.25, -0.2) is 9.67 Å². The van der Waals surface area contributed by atoms with Gasteiger partial charge in [0.2, 0.25) is 0 Å². The third-order valence-corrected chi connectivity index (χ3v) is 7.44. The van der Waals surface area contributed by atoms with Crippen molar-refractivity contribution >= 4 is 28.0 Å². The first kappa shape index (κ1) is 28.2. The Bertz CT molecular complexity index is 1840. The zero-order valence-corrected chi connectivity index (χ0v) is 25.3. The van der Waals surface area contributed by atoms with Gasteiger partial charge in [0.25, 0.3) is 0 Å². The molecular formula is C37H30BrN3O2. The van der Waals surface area contributed by atoms with Crippen molar-refractivity contribution in [2.45, 2.75) is 20.1 Å². The molecule has 0 bridgehead atoms. The summed E-state index contributed by atoms with van der Waals surface area (Å²) in [7, 11) is 0. The Morgan fingerprint density at radius 2 is 1.37 bits per heavy atom. The summed E-state index contributed by atoms with van der Waals surface area (Å²) in [5.41, 5.74) is 6.84. The average Bonchev–Trinajstić information content (AvgIpc) is 3.39. The largest absolute Gasteiger partial charge is 0.489 e. The van der Waals surface area contributed by atoms with E-state index in [1.54, 1.807) is 0 Å². The van der Waals surface area contributed by atoms with Crippen LogP contribution in [-0.4, -0.2) is 16.0 Å². The number of aryl methyl sites for hydroxylation is 1. The van der Waals surface area contributed by atoms with Crippen LogP contribution in [0.2, 0.25) is 0 Å². The van der Waals surface area contributed by atoms with Crippen molar-refractivity contribution in [3.05, 3.63) is 160 Å². The molecule has 5 aromatic carbocycles. The van der Waals surface area contributed by atoms with Crippen LogP contribution in [0.5, 0.6) is 11.5 Å². The molecule has 0 unspecified atom stereocenters. The predicted molar refractivity (Wildman–Crippen MR) is 177 cm³/mol. The minimum absolute atomic E-state index is 0.425. The number of aliphatic imine (C=N–C) groups is 1. The second-order valence-corrected chi connectivity index (χ2v) is 11.0. The molecule has 6 rings (SSSR count). The predicted octanol–water partition coefficient (Wildman–Crippen LogP) is 9.52. The zero-order valence-electron chi connectivity index (χ0n) is 23.7. The Morgan fingerprint density at radius 3 is 2.05 bits per heavy atom. The fourth-order valence-electron chi connectivity index (χ4n) is 4.81. The Morgan fingerprint density at radius 1 is 0.721 bits per heavy atom. The number of aromatic nitrogens is 2. The third-order valence-electron chi connectivity index (χ3n) is 6.95. The molecule has 0 radical (unpaired) electrons. The molecule has 0 saturated heterocycles. The molecule has 6 heteroatoms. The highest BCUT2D eigenvalue weighted by molar-refractivity contribution is 9.10. The number of benzene rings is 5. The molecule has 1 heterocycles. The first-order valence-electron chi connectivity index (χ1n) is 14.1. The van der Waals surface area contributed by atoms with Gasteiger partial charge in [0.1, 0.15) is 24.7 Å². The second-order valence-electron chi connectivity index (χ2n) is 10.0. The molecule has 0 aliphatic carbocycles. The molecule has 0 saturated carbocycles. The van der Waals surface area contributed by atoms with Crippen molar-refractivity contribution < 1.29 is 9.47 Å². The number of hydrogen-bond acceptors (Lipinski definition) is 4. The lowest BCUT2D eigenvalue weighted by Gasteiger charge is -2.13. The summed E-state index contributed by atoms with van der Waals surface area (Å²) in [6.07, 6.45) is 1.85. The quantitative estimate of drug-likeness (QED) is 0.142. The van der Waals surface area contributed by atoms with E-state index >= 15 is 0 Å². The van der Waals surface area contributed by atoms with E-state index in [0.717, 1.165) is 55.2 Å². The molecule has 0 atom stereocenters. The lowest BCUT2D eigenvalue weighted by atomic mass is 10.1. The maximum absolute atomic E-state index is 6.36. The van der Waals surface area contributed by atoms with Crippen molar-refractivity contribution in [1.29, 1.82) is 0 Å². The smallest absolute Gasteiger partial charge is 0.163 e. The summed E-state index contributed by atoms with van der Waals surface area (Å²) in [6.45, 7) is 2.91. The number of hydrogen-bond donors (Lipinski definition) is 0. The van der Waals surface area contributed by atoms with Crippen LogP contribution in [-0.2, 0) is 13.2 Å². The molecule has 43 heavy (non-hydrogen) atoms. The standard InChI is InChI=1S/C37H30BrN3O2/c1-27-36(30-16-11-17-32(38)22-30)37(41(40-27)33-18-9-4-10-19-33)39-24-31-20-21-34(42-25-28-12-5-2-6-13-28)23-35(31)43-26-29-14-7-3-8-15-29/h2-24H,25-26H2,1H3/b39-24+. The van der Waals surface area contributed by atoms with Gasteiger partial charge in [0.15, 0.2) is 5.82 Å². The summed E-state index contributed by atoms with van der Waals surface area (Å²) >= 11 is 3.62. The van der Waals surface area contributed by atoms with Crippen molar-refractivity contribution in [3.63, 3.8) is 0 Å². The van der Waals surface area contributed by atoms with Crippen molar-refractivity contribution in [2.75, 3.05) is 0 Å². The van der Waals surface area contributed by atoms with Gasteiger partial charge < -0.3 is 9.47 Å². The summed E-state index contributed by atoms with van der Waals surface area (Å²) in [5.74, 6) is 2.15. The van der Waals surface area contributed by atoms with Crippen molar-refractivity contribution in [2.24, 2.45) is 4.99 Å². The van der Waals surface area contributed by atoms with Crippen LogP contribution in [0.15, 0.2) is 143 Å². The van der Waals surface area contributed by atoms with Crippen LogP contribution in [0.1, 0.15) is 22.4 Å². The number of para-hydroxylation sites is 1. The molecule has 212 valence electrons. The van der Waals surface area contributed by atoms with Gasteiger partial charge in [0, 0.05) is 27.9 Å². The van der Waals surface area contributed by atoms with Gasteiger partial charge in [-0.3, -0.25) is 0 Å². The van der Waals surface area contributed by atoms with Gasteiger partial charge in [0.05, 0.1) is 11.4 Å². The van der Waals surface area contributed by atoms with Crippen LogP contribution in [0, 0.1) is 6.92 Å². The Balaban J connectivity index is 1.38. The van der Waals surface area contributed by atoms with Crippen LogP contribution in [0.25, 0.3) is 16.8 Å². The van der Waals surface area contributed by atoms with E-state index in [1.807, 2.05) is 115 Å². The number of ether oxygens (including phenoxy) is 2. The first-order chi connectivity index (χ1) is 21.1. The average molecular weight is 629 g/mol. The summed E-state index contributed by atoms with van der Waals surface area (Å²) in [5, 5.41) is 4.90. The number of nitrogens with zero attached hydrogens (tertiary/aromatic N) is 3. The summed E-state index contributed by atoms with van der Waals surface area (Å²) < 4.78 is 15.4. The van der Waals surface area contributed by atoms with Gasteiger partial charge in [-0.05, 0) is 60.0 Å². The Kier molecular flexibility index (Phi) is 8.76. The van der Waals surface area contributed by atoms with Crippen LogP contribution < -0.4 is 9.47 Å². The van der Waals surface area contributed by atoms with Crippen LogP contribution in [0.3, 0.4) is 0 Å². The SMILES string of the molecule is Cc1nn(-c2ccccc2)c(/N=C/c2ccc(OCc3ccccc3)cc2OCc2ccccc2)c1-c1cccc(Br)c1. The molecule has 0 fully saturated rings. The molecular weight excluding hydrogens is 598 g/mol. The molecule has 5 nitrogen and oxygen atoms in total. The van der Waals surface area contributed by atoms with Gasteiger partial charge in [-0.1, -0.05) is 107 Å². The van der Waals surface area contributed by atoms with Gasteiger partial charge in [-0.15, -0.1) is 0 Å². The fraction of sp³-hybridized carbons (Fsp3) is 0.0811. The van der Waals surface area contributed by atoms with Crippen molar-refractivity contribution in [1.82, 2.24) is 9.78 Å². The Hall–Kier alpha value is -4.94. The zero-order chi connectivity index (χ0) is 29.4. The third kappa shape index (κ3) is 6.93. The molecule has 0 aliphatic heterocycles. The van der Waals surface area contributed by atoms with E-state index < -0.39 is 0 Å². The van der Waals surface area contributed by atoms with E-state index in [4.69, 9.17) is 19.6 Å². The molecule has 1 aromatic heterocycles. The first-order valence-corrected chi connectivity index (χ1v) is 14.9. The van der Waals surface area contributed by atoms with E-state index in [-0.39, 0.29) is 0 Å². The van der Waals surface area contributed by atoms with E-state index in [2.05, 4.69) is 52.3 Å². The monoisotopic (exact) mass is 627 g/mol. The summed E-state index contributed by atoms with van der Waals surface area (Å²) in [6, 6.07) is 44.4. The summed E-state index contributed by atoms with van der Waals surface area (Å²) in [4.78, 5) is 5.06. The van der Waals surface area contributed by atoms with Crippen molar-refractivity contribution in [3.8, 4) is 28.3 Å². The van der Waals surface area contributed by atoms with Gasteiger partial charge >= 0.3 is 0 Å². The molecule has 0 N–H and O–H groups in total. The van der Waals surface area contributed by atoms with E-state index in [9.17, 15) is 0 Å². The maximum Gasteiger partial charge on any atom is 0.163 e. The van der Waals surface area contributed by atoms with E-state index in [0.29, 0.717) is 19.0 Å². The minimum atomic E-state index is 0.425. The second kappa shape index (κ2) is 13.4. The number of halogens is 1. The van der Waals surface area contributed by atoms with Gasteiger partial charge in [-0.2, -0.15) is 5.10 Å². The normalized spacial score (nSPS) is 11.1. The number of rotatable bonds is 10. The van der Waals surface area contributed by atoms with Crippen LogP contribution in [0.4, 0.5) is 5.82 Å². The highest BCUT2D eigenvalue weighted by atomic mass is 79.9. The molecule has 0 amide bonds. The lowest BCUT2D eigenvalue weighted by Crippen LogP contribution is -2.01. The Labute approximate surface area is 260 Å². The molecule has 6 aromatic rings. The van der Waals surface area contributed by atoms with Crippen LogP contribution >= 0.6 is 15.9 Å². The molecule has 0 aliphatic rings. The minimum Gasteiger partial charge on any atom is -0.489 e. The lowest BCUT2D eigenvalue weighted by molar-refractivity contribution is 0.289. The topological polar surface area (TPSA) is 48.6 Å². The highest BCUT2D eigenvalue weighted by Gasteiger charge is 2.18. The molecule has 0 spiro atoms. The fourth-order valence-corrected chi connectivity index (χ4v) is 5.21. The maximum atomic E-state index is 6.36.